The predicted molar refractivity (Wildman–Crippen MR) is 63.5 cm³/mol. The van der Waals surface area contributed by atoms with Gasteiger partial charge in [0.05, 0.1) is 19.1 Å². The van der Waals surface area contributed by atoms with Crippen LogP contribution in [0.4, 0.5) is 0 Å². The lowest BCUT2D eigenvalue weighted by atomic mass is 10.0. The molecule has 1 unspecified atom stereocenters. The average Bonchev–Trinajstić information content (AvgIpc) is 2.17. The van der Waals surface area contributed by atoms with Crippen molar-refractivity contribution in [1.82, 2.24) is 0 Å². The number of hydrogen-bond acceptors (Lipinski definition) is 2. The molecule has 2 nitrogen and oxygen atoms in total. The third kappa shape index (κ3) is 11.1. The van der Waals surface area contributed by atoms with Crippen LogP contribution in [0.5, 0.6) is 0 Å². The van der Waals surface area contributed by atoms with Gasteiger partial charge in [0.1, 0.15) is 0 Å². The molecule has 0 aliphatic carbocycles. The van der Waals surface area contributed by atoms with Crippen LogP contribution in [0.3, 0.4) is 0 Å². The number of ether oxygens (including phenoxy) is 1. The summed E-state index contributed by atoms with van der Waals surface area (Å²) in [7, 11) is 0. The molecule has 0 saturated carbocycles. The molecule has 0 aromatic carbocycles. The SMILES string of the molecule is CC(C)=CCCC(C)CCOCCC#N. The Bertz CT molecular complexity index is 211. The molecule has 0 saturated heterocycles. The monoisotopic (exact) mass is 209 g/mol. The summed E-state index contributed by atoms with van der Waals surface area (Å²) in [5.74, 6) is 0.711. The van der Waals surface area contributed by atoms with E-state index in [1.165, 1.54) is 18.4 Å². The Balaban J connectivity index is 3.30. The molecule has 0 aromatic rings. The molecule has 0 bridgehead atoms. The molecule has 0 spiro atoms. The Morgan fingerprint density at radius 1 is 1.33 bits per heavy atom. The van der Waals surface area contributed by atoms with Crippen molar-refractivity contribution in [2.24, 2.45) is 5.92 Å². The van der Waals surface area contributed by atoms with Gasteiger partial charge in [-0.05, 0) is 39.0 Å². The van der Waals surface area contributed by atoms with Crippen LogP contribution in [0.2, 0.25) is 0 Å². The molecule has 0 radical (unpaired) electrons. The molecule has 2 heteroatoms. The lowest BCUT2D eigenvalue weighted by Crippen LogP contribution is -2.02. The summed E-state index contributed by atoms with van der Waals surface area (Å²) >= 11 is 0. The molecule has 0 amide bonds. The highest BCUT2D eigenvalue weighted by molar-refractivity contribution is 4.92. The lowest BCUT2D eigenvalue weighted by Gasteiger charge is -2.09. The van der Waals surface area contributed by atoms with Gasteiger partial charge >= 0.3 is 0 Å². The van der Waals surface area contributed by atoms with Crippen molar-refractivity contribution in [3.63, 3.8) is 0 Å². The van der Waals surface area contributed by atoms with Gasteiger partial charge in [-0.2, -0.15) is 5.26 Å². The van der Waals surface area contributed by atoms with Crippen LogP contribution in [0, 0.1) is 17.2 Å². The molecule has 0 fully saturated rings. The van der Waals surface area contributed by atoms with E-state index in [9.17, 15) is 0 Å². The van der Waals surface area contributed by atoms with Crippen molar-refractivity contribution in [3.8, 4) is 6.07 Å². The molecular formula is C13H23NO. The number of hydrogen-bond donors (Lipinski definition) is 0. The number of allylic oxidation sites excluding steroid dienone is 2. The largest absolute Gasteiger partial charge is 0.380 e. The second kappa shape index (κ2) is 9.73. The third-order valence-corrected chi connectivity index (χ3v) is 2.33. The third-order valence-electron chi connectivity index (χ3n) is 2.33. The molecule has 15 heavy (non-hydrogen) atoms. The van der Waals surface area contributed by atoms with Crippen LogP contribution in [0.25, 0.3) is 0 Å². The minimum absolute atomic E-state index is 0.506. The van der Waals surface area contributed by atoms with Gasteiger partial charge in [-0.25, -0.2) is 0 Å². The van der Waals surface area contributed by atoms with Crippen molar-refractivity contribution in [2.45, 2.75) is 46.5 Å². The zero-order chi connectivity index (χ0) is 11.5. The molecule has 0 N–H and O–H groups in total. The summed E-state index contributed by atoms with van der Waals surface area (Å²) in [5.41, 5.74) is 1.40. The molecular weight excluding hydrogens is 186 g/mol. The highest BCUT2D eigenvalue weighted by atomic mass is 16.5. The van der Waals surface area contributed by atoms with E-state index in [1.54, 1.807) is 0 Å². The maximum absolute atomic E-state index is 8.31. The quantitative estimate of drug-likeness (QED) is 0.451. The Morgan fingerprint density at radius 3 is 2.67 bits per heavy atom. The molecule has 0 aliphatic heterocycles. The van der Waals surface area contributed by atoms with Crippen molar-refractivity contribution in [3.05, 3.63) is 11.6 Å². The van der Waals surface area contributed by atoms with Gasteiger partial charge < -0.3 is 4.74 Å². The van der Waals surface area contributed by atoms with Gasteiger partial charge in [-0.3, -0.25) is 0 Å². The minimum Gasteiger partial charge on any atom is -0.380 e. The van der Waals surface area contributed by atoms with Crippen LogP contribution >= 0.6 is 0 Å². The maximum Gasteiger partial charge on any atom is 0.0645 e. The lowest BCUT2D eigenvalue weighted by molar-refractivity contribution is 0.126. The van der Waals surface area contributed by atoms with Gasteiger partial charge in [-0.1, -0.05) is 18.6 Å². The molecule has 0 aliphatic rings. The van der Waals surface area contributed by atoms with Gasteiger partial charge in [0.15, 0.2) is 0 Å². The summed E-state index contributed by atoms with van der Waals surface area (Å²) in [5, 5.41) is 8.31. The van der Waals surface area contributed by atoms with Crippen molar-refractivity contribution in [1.29, 1.82) is 5.26 Å². The van der Waals surface area contributed by atoms with Crippen molar-refractivity contribution in [2.75, 3.05) is 13.2 Å². The van der Waals surface area contributed by atoms with Crippen molar-refractivity contribution >= 4 is 0 Å². The normalized spacial score (nSPS) is 11.9. The average molecular weight is 209 g/mol. The van der Waals surface area contributed by atoms with Gasteiger partial charge in [0, 0.05) is 6.61 Å². The van der Waals surface area contributed by atoms with E-state index in [0.29, 0.717) is 18.9 Å². The fraction of sp³-hybridized carbons (Fsp3) is 0.769. The summed E-state index contributed by atoms with van der Waals surface area (Å²) in [4.78, 5) is 0. The number of nitriles is 1. The minimum atomic E-state index is 0.506. The molecule has 86 valence electrons. The zero-order valence-corrected chi connectivity index (χ0v) is 10.3. The van der Waals surface area contributed by atoms with Crippen LogP contribution in [-0.2, 0) is 4.74 Å². The highest BCUT2D eigenvalue weighted by Crippen LogP contribution is 2.11. The van der Waals surface area contributed by atoms with Gasteiger partial charge in [-0.15, -0.1) is 0 Å². The van der Waals surface area contributed by atoms with E-state index < -0.39 is 0 Å². The molecule has 0 heterocycles. The first-order chi connectivity index (χ1) is 7.16. The van der Waals surface area contributed by atoms with E-state index in [-0.39, 0.29) is 0 Å². The smallest absolute Gasteiger partial charge is 0.0645 e. The summed E-state index contributed by atoms with van der Waals surface area (Å²) in [6.07, 6.45) is 6.29. The second-order valence-corrected chi connectivity index (χ2v) is 4.27. The van der Waals surface area contributed by atoms with E-state index >= 15 is 0 Å². The van der Waals surface area contributed by atoms with Crippen LogP contribution in [0.15, 0.2) is 11.6 Å². The number of rotatable bonds is 8. The van der Waals surface area contributed by atoms with Gasteiger partial charge in [0.2, 0.25) is 0 Å². The van der Waals surface area contributed by atoms with Crippen molar-refractivity contribution < 1.29 is 4.74 Å². The summed E-state index contributed by atoms with van der Waals surface area (Å²) in [6.45, 7) is 7.90. The van der Waals surface area contributed by atoms with E-state index in [0.717, 1.165) is 13.0 Å². The zero-order valence-electron chi connectivity index (χ0n) is 10.3. The standard InChI is InChI=1S/C13H23NO/c1-12(2)6-4-7-13(3)8-11-15-10-5-9-14/h6,13H,4-5,7-8,10-11H2,1-3H3. The van der Waals surface area contributed by atoms with E-state index in [2.05, 4.69) is 32.9 Å². The van der Waals surface area contributed by atoms with Crippen LogP contribution in [0.1, 0.15) is 46.5 Å². The van der Waals surface area contributed by atoms with Gasteiger partial charge in [0.25, 0.3) is 0 Å². The second-order valence-electron chi connectivity index (χ2n) is 4.27. The Kier molecular flexibility index (Phi) is 9.21. The first kappa shape index (κ1) is 14.2. The molecule has 0 aromatic heterocycles. The number of nitrogens with zero attached hydrogens (tertiary/aromatic N) is 1. The maximum atomic E-state index is 8.31. The highest BCUT2D eigenvalue weighted by Gasteiger charge is 2.00. The first-order valence-electron chi connectivity index (χ1n) is 5.75. The van der Waals surface area contributed by atoms with Crippen LogP contribution < -0.4 is 0 Å². The Labute approximate surface area is 93.9 Å². The van der Waals surface area contributed by atoms with Crippen LogP contribution in [-0.4, -0.2) is 13.2 Å². The summed E-state index contributed by atoms with van der Waals surface area (Å²) in [6, 6.07) is 2.07. The fourth-order valence-electron chi connectivity index (χ4n) is 1.31. The Morgan fingerprint density at radius 2 is 2.07 bits per heavy atom. The molecule has 1 atom stereocenters. The van der Waals surface area contributed by atoms with E-state index in [1.807, 2.05) is 0 Å². The Hall–Kier alpha value is -0.810. The van der Waals surface area contributed by atoms with E-state index in [4.69, 9.17) is 10.00 Å². The summed E-state index contributed by atoms with van der Waals surface area (Å²) < 4.78 is 5.33. The predicted octanol–water partition coefficient (Wildman–Crippen LogP) is 3.69. The first-order valence-corrected chi connectivity index (χ1v) is 5.75. The molecule has 0 rings (SSSR count). The fourth-order valence-corrected chi connectivity index (χ4v) is 1.31. The topological polar surface area (TPSA) is 33.0 Å².